The minimum absolute atomic E-state index is 0.571. The van der Waals surface area contributed by atoms with Crippen LogP contribution in [0.5, 0.6) is 0 Å². The summed E-state index contributed by atoms with van der Waals surface area (Å²) in [6.45, 7) is 8.55. The number of hydrogen-bond acceptors (Lipinski definition) is 3. The monoisotopic (exact) mass is 247 g/mol. The molecule has 1 atom stereocenters. The Bertz CT molecular complexity index is 389. The Morgan fingerprint density at radius 2 is 1.83 bits per heavy atom. The second-order valence-corrected chi connectivity index (χ2v) is 5.60. The second-order valence-electron chi connectivity index (χ2n) is 5.60. The maximum atomic E-state index is 5.90. The lowest BCUT2D eigenvalue weighted by Crippen LogP contribution is -2.43. The first-order valence-corrected chi connectivity index (χ1v) is 6.88. The zero-order valence-electron chi connectivity index (χ0n) is 11.8. The Morgan fingerprint density at radius 3 is 2.44 bits per heavy atom. The van der Waals surface area contributed by atoms with Gasteiger partial charge in [-0.1, -0.05) is 26.0 Å². The van der Waals surface area contributed by atoms with E-state index in [2.05, 4.69) is 55.0 Å². The molecule has 0 fully saturated rings. The van der Waals surface area contributed by atoms with Gasteiger partial charge in [0.05, 0.1) is 11.4 Å². The number of rotatable bonds is 4. The topological polar surface area (TPSA) is 32.5 Å². The van der Waals surface area contributed by atoms with Gasteiger partial charge in [0.25, 0.3) is 0 Å². The minimum atomic E-state index is 0.571. The summed E-state index contributed by atoms with van der Waals surface area (Å²) in [6, 6.07) is 8.66. The highest BCUT2D eigenvalue weighted by atomic mass is 15.2. The van der Waals surface area contributed by atoms with Crippen LogP contribution in [0.15, 0.2) is 24.3 Å². The molecule has 3 heteroatoms. The van der Waals surface area contributed by atoms with Crippen LogP contribution in [0, 0.1) is 11.8 Å². The molecule has 0 saturated carbocycles. The maximum Gasteiger partial charge on any atom is 0.0604 e. The van der Waals surface area contributed by atoms with E-state index in [0.717, 1.165) is 26.2 Å². The quantitative estimate of drug-likeness (QED) is 0.885. The lowest BCUT2D eigenvalue weighted by molar-refractivity contribution is 0.391. The van der Waals surface area contributed by atoms with Gasteiger partial charge in [-0.25, -0.2) is 0 Å². The average molecular weight is 247 g/mol. The first-order chi connectivity index (χ1) is 8.63. The summed E-state index contributed by atoms with van der Waals surface area (Å²) in [5.74, 6) is 1.21. The number of para-hydroxylation sites is 2. The predicted molar refractivity (Wildman–Crippen MR) is 79.3 cm³/mol. The minimum Gasteiger partial charge on any atom is -0.371 e. The predicted octanol–water partition coefficient (Wildman–Crippen LogP) is 2.17. The second kappa shape index (κ2) is 5.61. The van der Waals surface area contributed by atoms with Crippen LogP contribution in [0.25, 0.3) is 0 Å². The van der Waals surface area contributed by atoms with Crippen LogP contribution in [0.4, 0.5) is 11.4 Å². The third-order valence-corrected chi connectivity index (χ3v) is 4.04. The molecule has 1 aliphatic heterocycles. The molecule has 0 amide bonds. The molecule has 1 aromatic carbocycles. The van der Waals surface area contributed by atoms with Gasteiger partial charge in [0.2, 0.25) is 0 Å². The van der Waals surface area contributed by atoms with Crippen LogP contribution >= 0.6 is 0 Å². The summed E-state index contributed by atoms with van der Waals surface area (Å²) in [6.07, 6.45) is 0. The van der Waals surface area contributed by atoms with Gasteiger partial charge in [0, 0.05) is 26.7 Å². The highest BCUT2D eigenvalue weighted by molar-refractivity contribution is 5.73. The van der Waals surface area contributed by atoms with Crippen molar-refractivity contribution < 1.29 is 0 Å². The highest BCUT2D eigenvalue weighted by Crippen LogP contribution is 2.32. The van der Waals surface area contributed by atoms with Gasteiger partial charge in [0.15, 0.2) is 0 Å². The van der Waals surface area contributed by atoms with E-state index in [9.17, 15) is 0 Å². The number of fused-ring (bicyclic) bond motifs is 1. The Labute approximate surface area is 111 Å². The van der Waals surface area contributed by atoms with Crippen LogP contribution < -0.4 is 15.5 Å². The SMILES string of the molecule is CC(C)C(CN)CN1CCN(C)c2ccccc21. The normalized spacial score (nSPS) is 16.9. The third kappa shape index (κ3) is 2.61. The number of anilines is 2. The molecular formula is C15H25N3. The van der Waals surface area contributed by atoms with Crippen LogP contribution in [0.1, 0.15) is 13.8 Å². The Balaban J connectivity index is 2.18. The van der Waals surface area contributed by atoms with E-state index < -0.39 is 0 Å². The van der Waals surface area contributed by atoms with Crippen molar-refractivity contribution in [2.24, 2.45) is 17.6 Å². The zero-order valence-corrected chi connectivity index (χ0v) is 11.8. The summed E-state index contributed by atoms with van der Waals surface area (Å²) < 4.78 is 0. The number of nitrogens with two attached hydrogens (primary N) is 1. The molecule has 1 unspecified atom stereocenters. The molecule has 2 rings (SSSR count). The Morgan fingerprint density at radius 1 is 1.17 bits per heavy atom. The fourth-order valence-corrected chi connectivity index (χ4v) is 2.60. The Hall–Kier alpha value is -1.22. The van der Waals surface area contributed by atoms with E-state index in [4.69, 9.17) is 5.73 Å². The van der Waals surface area contributed by atoms with Gasteiger partial charge in [-0.15, -0.1) is 0 Å². The largest absolute Gasteiger partial charge is 0.371 e. The molecular weight excluding hydrogens is 222 g/mol. The van der Waals surface area contributed by atoms with E-state index >= 15 is 0 Å². The summed E-state index contributed by atoms with van der Waals surface area (Å²) in [5.41, 5.74) is 8.59. The fraction of sp³-hybridized carbons (Fsp3) is 0.600. The van der Waals surface area contributed by atoms with Crippen LogP contribution in [0.2, 0.25) is 0 Å². The van der Waals surface area contributed by atoms with Crippen LogP contribution in [-0.4, -0.2) is 33.2 Å². The average Bonchev–Trinajstić information content (AvgIpc) is 2.38. The van der Waals surface area contributed by atoms with Gasteiger partial charge in [-0.05, 0) is 30.5 Å². The van der Waals surface area contributed by atoms with Crippen molar-refractivity contribution in [1.29, 1.82) is 0 Å². The number of nitrogens with zero attached hydrogens (tertiary/aromatic N) is 2. The first kappa shape index (κ1) is 13.2. The van der Waals surface area contributed by atoms with Crippen molar-refractivity contribution in [3.05, 3.63) is 24.3 Å². The number of hydrogen-bond donors (Lipinski definition) is 1. The molecule has 18 heavy (non-hydrogen) atoms. The highest BCUT2D eigenvalue weighted by Gasteiger charge is 2.23. The Kier molecular flexibility index (Phi) is 4.12. The molecule has 1 aromatic rings. The van der Waals surface area contributed by atoms with Crippen molar-refractivity contribution >= 4 is 11.4 Å². The summed E-state index contributed by atoms with van der Waals surface area (Å²) in [7, 11) is 2.17. The third-order valence-electron chi connectivity index (χ3n) is 4.04. The summed E-state index contributed by atoms with van der Waals surface area (Å²) in [5, 5.41) is 0. The molecule has 3 nitrogen and oxygen atoms in total. The van der Waals surface area contributed by atoms with Crippen molar-refractivity contribution in [1.82, 2.24) is 0 Å². The van der Waals surface area contributed by atoms with Gasteiger partial charge in [0.1, 0.15) is 0 Å². The van der Waals surface area contributed by atoms with Crippen LogP contribution in [0.3, 0.4) is 0 Å². The van der Waals surface area contributed by atoms with Gasteiger partial charge < -0.3 is 15.5 Å². The fourth-order valence-electron chi connectivity index (χ4n) is 2.60. The molecule has 100 valence electrons. The number of benzene rings is 1. The van der Waals surface area contributed by atoms with E-state index in [-0.39, 0.29) is 0 Å². The van der Waals surface area contributed by atoms with E-state index in [1.807, 2.05) is 0 Å². The van der Waals surface area contributed by atoms with Crippen molar-refractivity contribution in [3.63, 3.8) is 0 Å². The van der Waals surface area contributed by atoms with Crippen LogP contribution in [-0.2, 0) is 0 Å². The molecule has 0 spiro atoms. The molecule has 0 aliphatic carbocycles. The van der Waals surface area contributed by atoms with Gasteiger partial charge in [-0.2, -0.15) is 0 Å². The molecule has 0 radical (unpaired) electrons. The standard InChI is InChI=1S/C15H25N3/c1-12(2)13(10-16)11-18-9-8-17(3)14-6-4-5-7-15(14)18/h4-7,12-13H,8-11,16H2,1-3H3. The van der Waals surface area contributed by atoms with Gasteiger partial charge >= 0.3 is 0 Å². The first-order valence-electron chi connectivity index (χ1n) is 6.88. The lowest BCUT2D eigenvalue weighted by Gasteiger charge is -2.39. The molecule has 0 aromatic heterocycles. The summed E-state index contributed by atoms with van der Waals surface area (Å²) >= 11 is 0. The van der Waals surface area contributed by atoms with E-state index in [1.165, 1.54) is 11.4 Å². The number of likely N-dealkylation sites (N-methyl/N-ethyl adjacent to an activating group) is 1. The molecule has 1 heterocycles. The van der Waals surface area contributed by atoms with E-state index in [0.29, 0.717) is 11.8 Å². The molecule has 0 saturated heterocycles. The van der Waals surface area contributed by atoms with Crippen molar-refractivity contribution in [3.8, 4) is 0 Å². The maximum absolute atomic E-state index is 5.90. The van der Waals surface area contributed by atoms with E-state index in [1.54, 1.807) is 0 Å². The van der Waals surface area contributed by atoms with Crippen molar-refractivity contribution in [2.45, 2.75) is 13.8 Å². The zero-order chi connectivity index (χ0) is 13.1. The molecule has 1 aliphatic rings. The summed E-state index contributed by atoms with van der Waals surface area (Å²) in [4.78, 5) is 4.82. The lowest BCUT2D eigenvalue weighted by atomic mass is 9.95. The van der Waals surface area contributed by atoms with Gasteiger partial charge in [-0.3, -0.25) is 0 Å². The molecule has 2 N–H and O–H groups in total. The molecule has 0 bridgehead atoms. The van der Waals surface area contributed by atoms with Crippen molar-refractivity contribution in [2.75, 3.05) is 43.0 Å². The smallest absolute Gasteiger partial charge is 0.0604 e.